The Morgan fingerprint density at radius 1 is 0.703 bits per heavy atom. The first-order valence-corrected chi connectivity index (χ1v) is 26.7. The zero-order chi connectivity index (χ0) is 55.5. The molecule has 0 aliphatic carbocycles. The average Bonchev–Trinajstić information content (AvgIpc) is 3.38. The Hall–Kier alpha value is -4.06. The van der Waals surface area contributed by atoms with Gasteiger partial charge >= 0.3 is 11.9 Å². The van der Waals surface area contributed by atoms with Crippen molar-refractivity contribution in [3.05, 3.63) is 121 Å². The maximum Gasteiger partial charge on any atom is 0.330 e. The van der Waals surface area contributed by atoms with E-state index in [1.807, 2.05) is 32.1 Å². The number of hydrogen-bond acceptors (Lipinski definition) is 14. The highest BCUT2D eigenvalue weighted by atomic mass is 16.6. The number of carbonyl (C=O) groups is 2. The molecule has 0 saturated carbocycles. The Morgan fingerprint density at radius 2 is 1.27 bits per heavy atom. The molecule has 0 spiro atoms. The third-order valence-electron chi connectivity index (χ3n) is 12.4. The van der Waals surface area contributed by atoms with Gasteiger partial charge in [0.05, 0.1) is 56.4 Å². The van der Waals surface area contributed by atoms with Crippen LogP contribution in [0.3, 0.4) is 0 Å². The summed E-state index contributed by atoms with van der Waals surface area (Å²) in [5.41, 5.74) is 4.36. The summed E-state index contributed by atoms with van der Waals surface area (Å²) in [6.07, 6.45) is 33.1. The Morgan fingerprint density at radius 3 is 1.77 bits per heavy atom. The lowest BCUT2D eigenvalue weighted by Crippen LogP contribution is -2.30. The molecule has 7 N–H and O–H groups in total. The molecule has 0 aromatic heterocycles. The van der Waals surface area contributed by atoms with Crippen molar-refractivity contribution in [3.63, 3.8) is 0 Å². The van der Waals surface area contributed by atoms with Gasteiger partial charge < -0.3 is 59.4 Å². The summed E-state index contributed by atoms with van der Waals surface area (Å²) in [7, 11) is 2.00. The molecule has 14 nitrogen and oxygen atoms in total. The number of aliphatic hydroxyl groups excluding tert-OH is 7. The summed E-state index contributed by atoms with van der Waals surface area (Å²) in [6.45, 7) is 19.6. The van der Waals surface area contributed by atoms with Crippen molar-refractivity contribution < 1.29 is 69.0 Å². The molecule has 0 amide bonds. The quantitative estimate of drug-likeness (QED) is 0.0190. The van der Waals surface area contributed by atoms with E-state index in [1.54, 1.807) is 32.1 Å². The van der Waals surface area contributed by atoms with Gasteiger partial charge in [-0.25, -0.2) is 9.59 Å². The molecule has 0 aromatic carbocycles. The molecule has 3 aliphatic heterocycles. The zero-order valence-corrected chi connectivity index (χ0v) is 46.1. The maximum absolute atomic E-state index is 12.0. The van der Waals surface area contributed by atoms with Crippen LogP contribution >= 0.6 is 0 Å². The first kappa shape index (κ1) is 69.9. The highest BCUT2D eigenvalue weighted by Crippen LogP contribution is 2.23. The molecule has 10 unspecified atom stereocenters. The van der Waals surface area contributed by atoms with Gasteiger partial charge in [0.1, 0.15) is 24.4 Å². The van der Waals surface area contributed by atoms with E-state index in [-0.39, 0.29) is 12.2 Å². The van der Waals surface area contributed by atoms with E-state index in [4.69, 9.17) is 33.9 Å². The highest BCUT2D eigenvalue weighted by molar-refractivity contribution is 5.82. The van der Waals surface area contributed by atoms with E-state index in [0.717, 1.165) is 95.3 Å². The van der Waals surface area contributed by atoms with E-state index in [9.17, 15) is 35.1 Å². The van der Waals surface area contributed by atoms with Gasteiger partial charge in [0.15, 0.2) is 0 Å². The van der Waals surface area contributed by atoms with Crippen LogP contribution in [0, 0.1) is 0 Å². The lowest BCUT2D eigenvalue weighted by molar-refractivity contribution is -0.148. The number of esters is 2. The highest BCUT2D eigenvalue weighted by Gasteiger charge is 2.24. The first-order valence-electron chi connectivity index (χ1n) is 26.7. The van der Waals surface area contributed by atoms with Gasteiger partial charge in [-0.3, -0.25) is 0 Å². The minimum atomic E-state index is -1.05. The van der Waals surface area contributed by atoms with Crippen LogP contribution in [0.15, 0.2) is 121 Å². The largest absolute Gasteiger partial charge is 0.456 e. The number of carbonyl (C=O) groups excluding carboxylic acids is 2. The molecule has 14 heteroatoms. The predicted octanol–water partition coefficient (Wildman–Crippen LogP) is 9.44. The summed E-state index contributed by atoms with van der Waals surface area (Å²) in [5.74, 6) is -1.01. The fourth-order valence-electron chi connectivity index (χ4n) is 8.25. The summed E-state index contributed by atoms with van der Waals surface area (Å²) in [4.78, 5) is 24.0. The average molecular weight is 1040 g/mol. The van der Waals surface area contributed by atoms with Crippen LogP contribution in [0.1, 0.15) is 150 Å². The molecule has 0 bridgehead atoms. The minimum Gasteiger partial charge on any atom is -0.456 e. The van der Waals surface area contributed by atoms with Gasteiger partial charge in [-0.15, -0.1) is 0 Å². The van der Waals surface area contributed by atoms with Gasteiger partial charge in [0, 0.05) is 26.4 Å². The zero-order valence-electron chi connectivity index (χ0n) is 46.1. The van der Waals surface area contributed by atoms with Gasteiger partial charge in [0.2, 0.25) is 0 Å². The fraction of sp³-hybridized carbons (Fsp3) is 0.633. The van der Waals surface area contributed by atoms with Crippen molar-refractivity contribution in [1.29, 1.82) is 0 Å². The second kappa shape index (κ2) is 45.2. The molecular formula is C60H98O14. The van der Waals surface area contributed by atoms with Crippen LogP contribution in [-0.4, -0.2) is 143 Å². The lowest BCUT2D eigenvalue weighted by Gasteiger charge is -2.23. The van der Waals surface area contributed by atoms with Crippen LogP contribution in [-0.2, 0) is 33.3 Å². The Bertz CT molecular complexity index is 1760. The van der Waals surface area contributed by atoms with Crippen LogP contribution in [0.5, 0.6) is 0 Å². The van der Waals surface area contributed by atoms with Crippen molar-refractivity contribution in [2.24, 2.45) is 0 Å². The summed E-state index contributed by atoms with van der Waals surface area (Å²) < 4.78 is 28.0. The molecule has 74 heavy (non-hydrogen) atoms. The molecule has 422 valence electrons. The molecule has 0 aromatic rings. The van der Waals surface area contributed by atoms with Crippen LogP contribution in [0.25, 0.3) is 0 Å². The number of allylic oxidation sites excluding steroid dienone is 3. The molecule has 3 heterocycles. The van der Waals surface area contributed by atoms with Crippen molar-refractivity contribution in [2.45, 2.75) is 211 Å². The monoisotopic (exact) mass is 1040 g/mol. The standard InChI is InChI=1S/C29H44O6.C29H46O6.2CH4O/c1-4-9-29(32)35-28(27(31)16-15-26-21-23(3)17-19-34-26)14-8-11-24(30)20-22(2)10-7-13-25-12-5-6-18-33-25;1-5-11-29(33)35-28(27(32)18-17-25(31)20-22(3)6-2)16-10-13-24(30)21-23(4)12-9-15-26-14-7-8-19-34-26;2*1-2/h4-6,9,15-17,24-28,30-31H,2,7-8,10-14,18-21H2,1,3H3;5-7,11,14,17-18,24-28,30-32H,4,8-10,12-13,15-16,19-21H2,1-3H3;2*2H,1H3/b9-4-,16-15+;11-5-,18-17+,22-6-;;. The van der Waals surface area contributed by atoms with Gasteiger partial charge in [-0.05, 0) is 150 Å². The smallest absolute Gasteiger partial charge is 0.330 e. The van der Waals surface area contributed by atoms with Crippen LogP contribution in [0.2, 0.25) is 0 Å². The number of rotatable bonds is 32. The van der Waals surface area contributed by atoms with Gasteiger partial charge in [-0.1, -0.05) is 108 Å². The normalized spacial score (nSPS) is 20.7. The summed E-state index contributed by atoms with van der Waals surface area (Å²) >= 11 is 0. The molecule has 0 fully saturated rings. The fourth-order valence-corrected chi connectivity index (χ4v) is 8.25. The lowest BCUT2D eigenvalue weighted by atomic mass is 9.97. The van der Waals surface area contributed by atoms with Crippen molar-refractivity contribution in [1.82, 2.24) is 0 Å². The van der Waals surface area contributed by atoms with Crippen molar-refractivity contribution in [3.8, 4) is 0 Å². The van der Waals surface area contributed by atoms with E-state index in [2.05, 4.69) is 44.4 Å². The van der Waals surface area contributed by atoms with Gasteiger partial charge in [0.25, 0.3) is 0 Å². The van der Waals surface area contributed by atoms with E-state index >= 15 is 0 Å². The van der Waals surface area contributed by atoms with E-state index in [0.29, 0.717) is 77.1 Å². The topological polar surface area (TPSA) is 222 Å². The number of aliphatic hydroxyl groups is 7. The second-order valence-corrected chi connectivity index (χ2v) is 18.9. The molecule has 0 radical (unpaired) electrons. The Labute approximate surface area is 445 Å². The molecule has 3 rings (SSSR count). The second-order valence-electron chi connectivity index (χ2n) is 18.9. The molecule has 0 saturated heterocycles. The summed E-state index contributed by atoms with van der Waals surface area (Å²) in [5, 5.41) is 66.3. The molecular weight excluding hydrogens is 945 g/mol. The number of ether oxygens (including phenoxy) is 5. The third kappa shape index (κ3) is 36.0. The predicted molar refractivity (Wildman–Crippen MR) is 296 cm³/mol. The van der Waals surface area contributed by atoms with Crippen molar-refractivity contribution in [2.75, 3.05) is 34.0 Å². The van der Waals surface area contributed by atoms with Crippen LogP contribution < -0.4 is 0 Å². The first-order chi connectivity index (χ1) is 35.6. The molecule has 10 atom stereocenters. The maximum atomic E-state index is 12.0. The Kier molecular flexibility index (Phi) is 42.7. The van der Waals surface area contributed by atoms with Gasteiger partial charge in [-0.2, -0.15) is 0 Å². The van der Waals surface area contributed by atoms with Crippen LogP contribution in [0.4, 0.5) is 0 Å². The summed E-state index contributed by atoms with van der Waals surface area (Å²) in [6, 6.07) is 0. The van der Waals surface area contributed by atoms with Crippen molar-refractivity contribution >= 4 is 11.9 Å². The third-order valence-corrected chi connectivity index (χ3v) is 12.4. The van der Waals surface area contributed by atoms with E-state index in [1.165, 1.54) is 29.9 Å². The molecule has 3 aliphatic rings. The van der Waals surface area contributed by atoms with E-state index < -0.39 is 54.7 Å². The minimum absolute atomic E-state index is 0.0875. The SMILES string of the molecule is C=C(CCCC1C=CCCO1)CC(O)CCCC(OC(=O)/C=C\C)C(O)/C=C/C(O)C/C(C)=C\C.C=C(CCCC1CC=CCO1)CC(O)CCCC(OC(=O)/C=C\C)C(O)/C=C/C1CC(C)=CCO1.CO.CO. The number of hydrogen-bond donors (Lipinski definition) is 7. The Balaban J connectivity index is 0.00000135.